The minimum atomic E-state index is -0.487. The molecule has 0 radical (unpaired) electrons. The van der Waals surface area contributed by atoms with Gasteiger partial charge in [0.15, 0.2) is 5.82 Å². The summed E-state index contributed by atoms with van der Waals surface area (Å²) < 4.78 is 7.78. The van der Waals surface area contributed by atoms with Gasteiger partial charge in [0.25, 0.3) is 0 Å². The second-order valence-corrected chi connectivity index (χ2v) is 8.49. The Bertz CT molecular complexity index is 1040. The van der Waals surface area contributed by atoms with Gasteiger partial charge in [-0.05, 0) is 46.2 Å². The molecule has 8 heteroatoms. The van der Waals surface area contributed by atoms with Gasteiger partial charge in [0.1, 0.15) is 17.9 Å². The van der Waals surface area contributed by atoms with Crippen LogP contribution in [0.15, 0.2) is 24.3 Å². The number of aromatic nitrogens is 3. The van der Waals surface area contributed by atoms with Crippen molar-refractivity contribution in [3.8, 4) is 0 Å². The molecule has 0 aliphatic carbocycles. The number of hydrogen-bond donors (Lipinski definition) is 3. The molecule has 0 atom stereocenters. The fraction of sp³-hybridized carbons (Fsp3) is 0.522. The first-order valence-corrected chi connectivity index (χ1v) is 11.0. The number of nitrogens with one attached hydrogen (secondary N) is 1. The maximum absolute atomic E-state index is 12.5. The summed E-state index contributed by atoms with van der Waals surface area (Å²) in [5.74, 6) is 1.21. The number of nitrogens with zero attached hydrogens (tertiary/aromatic N) is 3. The predicted molar refractivity (Wildman–Crippen MR) is 125 cm³/mol. The molecule has 0 saturated carbocycles. The van der Waals surface area contributed by atoms with Crippen molar-refractivity contribution in [2.24, 2.45) is 5.73 Å². The van der Waals surface area contributed by atoms with Gasteiger partial charge in [-0.15, -0.1) is 0 Å². The molecule has 0 aliphatic rings. The Labute approximate surface area is 183 Å². The average molecular weight is 427 g/mol. The highest BCUT2D eigenvalue weighted by molar-refractivity contribution is 6.06. The standard InChI is InChI=1S/C23H34N6O2/c1-4-31-14-18-27-20-21(16-10-7-8-11-17(16)26-22(20)25)29(18)15-23(2,3)28-19(30)12-6-5-9-13-24/h7-8,10-11H,4-6,9,12-15,24H2,1-3H3,(H2,25,26)(H,28,30). The van der Waals surface area contributed by atoms with Gasteiger partial charge in [0.05, 0.1) is 16.6 Å². The number of rotatable bonds is 11. The van der Waals surface area contributed by atoms with Crippen LogP contribution in [0.25, 0.3) is 21.9 Å². The summed E-state index contributed by atoms with van der Waals surface area (Å²) >= 11 is 0. The summed E-state index contributed by atoms with van der Waals surface area (Å²) in [4.78, 5) is 21.8. The van der Waals surface area contributed by atoms with Crippen molar-refractivity contribution in [2.45, 2.75) is 65.1 Å². The second kappa shape index (κ2) is 10.1. The van der Waals surface area contributed by atoms with Crippen LogP contribution in [0.5, 0.6) is 0 Å². The number of carbonyl (C=O) groups excluding carboxylic acids is 1. The fourth-order valence-corrected chi connectivity index (χ4v) is 3.86. The number of pyridine rings is 1. The number of hydrogen-bond acceptors (Lipinski definition) is 6. The maximum Gasteiger partial charge on any atom is 0.220 e. The third-order valence-corrected chi connectivity index (χ3v) is 5.26. The number of amides is 1. The number of para-hydroxylation sites is 1. The summed E-state index contributed by atoms with van der Waals surface area (Å²) in [6, 6.07) is 7.89. The summed E-state index contributed by atoms with van der Waals surface area (Å²) in [7, 11) is 0. The van der Waals surface area contributed by atoms with Crippen molar-refractivity contribution in [3.05, 3.63) is 30.1 Å². The molecule has 0 fully saturated rings. The number of fused-ring (bicyclic) bond motifs is 3. The Morgan fingerprint density at radius 3 is 2.71 bits per heavy atom. The SMILES string of the molecule is CCOCc1nc2c(N)nc3ccccc3c2n1CC(C)(C)NC(=O)CCCCCN. The summed E-state index contributed by atoms with van der Waals surface area (Å²) in [6.45, 7) is 8.14. The van der Waals surface area contributed by atoms with E-state index in [1.54, 1.807) is 0 Å². The van der Waals surface area contributed by atoms with Crippen molar-refractivity contribution in [3.63, 3.8) is 0 Å². The zero-order chi connectivity index (χ0) is 22.4. The van der Waals surface area contributed by atoms with Crippen LogP contribution in [0.4, 0.5) is 5.82 Å². The highest BCUT2D eigenvalue weighted by Crippen LogP contribution is 2.30. The van der Waals surface area contributed by atoms with Gasteiger partial charge in [-0.2, -0.15) is 0 Å². The van der Waals surface area contributed by atoms with Crippen LogP contribution in [0.3, 0.4) is 0 Å². The second-order valence-electron chi connectivity index (χ2n) is 8.49. The molecule has 0 bridgehead atoms. The fourth-order valence-electron chi connectivity index (χ4n) is 3.86. The van der Waals surface area contributed by atoms with E-state index in [1.165, 1.54) is 0 Å². The van der Waals surface area contributed by atoms with Gasteiger partial charge in [-0.3, -0.25) is 4.79 Å². The van der Waals surface area contributed by atoms with E-state index >= 15 is 0 Å². The van der Waals surface area contributed by atoms with Crippen LogP contribution in [-0.4, -0.2) is 39.1 Å². The number of nitrogen functional groups attached to an aromatic ring is 1. The number of nitrogens with two attached hydrogens (primary N) is 2. The lowest BCUT2D eigenvalue weighted by atomic mass is 10.0. The zero-order valence-electron chi connectivity index (χ0n) is 18.8. The molecule has 5 N–H and O–H groups in total. The number of ether oxygens (including phenoxy) is 1. The van der Waals surface area contributed by atoms with Gasteiger partial charge in [0, 0.05) is 25.0 Å². The van der Waals surface area contributed by atoms with Gasteiger partial charge < -0.3 is 26.1 Å². The highest BCUT2D eigenvalue weighted by atomic mass is 16.5. The van der Waals surface area contributed by atoms with Gasteiger partial charge >= 0.3 is 0 Å². The minimum Gasteiger partial charge on any atom is -0.382 e. The Morgan fingerprint density at radius 2 is 1.97 bits per heavy atom. The largest absolute Gasteiger partial charge is 0.382 e. The highest BCUT2D eigenvalue weighted by Gasteiger charge is 2.25. The molecule has 3 rings (SSSR count). The first kappa shape index (κ1) is 23.0. The topological polar surface area (TPSA) is 121 Å². The van der Waals surface area contributed by atoms with Crippen LogP contribution in [0, 0.1) is 0 Å². The third kappa shape index (κ3) is 5.51. The molecule has 168 valence electrons. The number of imidazole rings is 1. The average Bonchev–Trinajstić information content (AvgIpc) is 3.08. The third-order valence-electron chi connectivity index (χ3n) is 5.26. The summed E-state index contributed by atoms with van der Waals surface area (Å²) in [6.07, 6.45) is 3.25. The normalized spacial score (nSPS) is 12.0. The Morgan fingerprint density at radius 1 is 1.19 bits per heavy atom. The Kier molecular flexibility index (Phi) is 7.46. The Balaban J connectivity index is 1.94. The number of carbonyl (C=O) groups is 1. The molecule has 2 heterocycles. The number of benzene rings is 1. The van der Waals surface area contributed by atoms with Crippen LogP contribution >= 0.6 is 0 Å². The first-order chi connectivity index (χ1) is 14.9. The van der Waals surface area contributed by atoms with Crippen molar-refractivity contribution in [1.82, 2.24) is 19.9 Å². The molecule has 0 saturated heterocycles. The van der Waals surface area contributed by atoms with Crippen LogP contribution in [0.1, 0.15) is 52.3 Å². The summed E-state index contributed by atoms with van der Waals surface area (Å²) in [5, 5.41) is 4.15. The summed E-state index contributed by atoms with van der Waals surface area (Å²) in [5.41, 5.74) is 13.7. The van der Waals surface area contributed by atoms with Crippen molar-refractivity contribution in [2.75, 3.05) is 18.9 Å². The van der Waals surface area contributed by atoms with E-state index in [2.05, 4.69) is 14.9 Å². The molecule has 0 aliphatic heterocycles. The molecule has 3 aromatic rings. The molecule has 0 unspecified atom stereocenters. The van der Waals surface area contributed by atoms with E-state index in [1.807, 2.05) is 45.0 Å². The smallest absolute Gasteiger partial charge is 0.220 e. The van der Waals surface area contributed by atoms with Crippen molar-refractivity contribution in [1.29, 1.82) is 0 Å². The maximum atomic E-state index is 12.5. The lowest BCUT2D eigenvalue weighted by molar-refractivity contribution is -0.122. The minimum absolute atomic E-state index is 0.0452. The lowest BCUT2D eigenvalue weighted by Gasteiger charge is -2.28. The molecule has 2 aromatic heterocycles. The number of unbranched alkanes of at least 4 members (excludes halogenated alkanes) is 2. The quantitative estimate of drug-likeness (QED) is 0.405. The zero-order valence-corrected chi connectivity index (χ0v) is 18.8. The van der Waals surface area contributed by atoms with Gasteiger partial charge in [-0.25, -0.2) is 9.97 Å². The van der Waals surface area contributed by atoms with Crippen LogP contribution < -0.4 is 16.8 Å². The van der Waals surface area contributed by atoms with Gasteiger partial charge in [0.2, 0.25) is 5.91 Å². The molecular formula is C23H34N6O2. The van der Waals surface area contributed by atoms with E-state index in [-0.39, 0.29) is 5.91 Å². The van der Waals surface area contributed by atoms with E-state index in [0.717, 1.165) is 41.5 Å². The van der Waals surface area contributed by atoms with Gasteiger partial charge in [-0.1, -0.05) is 24.6 Å². The van der Waals surface area contributed by atoms with Crippen LogP contribution in [-0.2, 0) is 22.7 Å². The molecule has 1 aromatic carbocycles. The molecule has 0 spiro atoms. The molecular weight excluding hydrogens is 392 g/mol. The lowest BCUT2D eigenvalue weighted by Crippen LogP contribution is -2.46. The number of anilines is 1. The molecule has 1 amide bonds. The van der Waals surface area contributed by atoms with Crippen molar-refractivity contribution < 1.29 is 9.53 Å². The first-order valence-electron chi connectivity index (χ1n) is 11.0. The van der Waals surface area contributed by atoms with E-state index in [0.29, 0.717) is 44.1 Å². The van der Waals surface area contributed by atoms with E-state index in [9.17, 15) is 4.79 Å². The molecule has 8 nitrogen and oxygen atoms in total. The Hall–Kier alpha value is -2.71. The van der Waals surface area contributed by atoms with Crippen LogP contribution in [0.2, 0.25) is 0 Å². The van der Waals surface area contributed by atoms with E-state index < -0.39 is 5.54 Å². The molecule has 31 heavy (non-hydrogen) atoms. The monoisotopic (exact) mass is 426 g/mol. The van der Waals surface area contributed by atoms with E-state index in [4.69, 9.17) is 21.2 Å². The van der Waals surface area contributed by atoms with Crippen molar-refractivity contribution >= 4 is 33.7 Å². The predicted octanol–water partition coefficient (Wildman–Crippen LogP) is 3.12.